The molecule has 2 aromatic heterocycles. The van der Waals surface area contributed by atoms with Gasteiger partial charge >= 0.3 is 0 Å². The molecule has 2 aromatic rings. The SMILES string of the molecule is Cc1cccc(CN2CCc3c(nc(N4CCCC[C@H]4C)[nH]c3=O)C2)n1. The van der Waals surface area contributed by atoms with Crippen molar-refractivity contribution in [3.63, 3.8) is 0 Å². The number of piperidine rings is 1. The third-order valence-electron chi connectivity index (χ3n) is 5.55. The second-order valence-electron chi connectivity index (χ2n) is 7.58. The average Bonchev–Trinajstić information content (AvgIpc) is 2.62. The molecule has 0 amide bonds. The van der Waals surface area contributed by atoms with Gasteiger partial charge in [0.05, 0.1) is 11.4 Å². The predicted molar refractivity (Wildman–Crippen MR) is 102 cm³/mol. The molecule has 6 heteroatoms. The van der Waals surface area contributed by atoms with Crippen LogP contribution in [0.5, 0.6) is 0 Å². The number of H-pyrrole nitrogens is 1. The molecule has 138 valence electrons. The van der Waals surface area contributed by atoms with E-state index in [-0.39, 0.29) is 5.56 Å². The van der Waals surface area contributed by atoms with Crippen LogP contribution in [0.1, 0.15) is 48.8 Å². The maximum absolute atomic E-state index is 12.6. The largest absolute Gasteiger partial charge is 0.340 e. The highest BCUT2D eigenvalue weighted by Crippen LogP contribution is 2.23. The van der Waals surface area contributed by atoms with Gasteiger partial charge in [-0.3, -0.25) is 19.7 Å². The molecule has 0 aromatic carbocycles. The molecule has 0 aliphatic carbocycles. The standard InChI is InChI=1S/C20H27N5O/c1-14-6-5-8-16(21-14)12-24-11-9-17-18(13-24)22-20(23-19(17)26)25-10-4-3-7-15(25)2/h5-6,8,15H,3-4,7,9-13H2,1-2H3,(H,22,23,26)/t15-/m1/s1. The van der Waals surface area contributed by atoms with E-state index < -0.39 is 0 Å². The summed E-state index contributed by atoms with van der Waals surface area (Å²) in [5.74, 6) is 0.747. The number of rotatable bonds is 3. The number of nitrogens with zero attached hydrogens (tertiary/aromatic N) is 4. The fourth-order valence-electron chi connectivity index (χ4n) is 4.08. The van der Waals surface area contributed by atoms with Gasteiger partial charge in [0, 0.05) is 43.5 Å². The van der Waals surface area contributed by atoms with Crippen LogP contribution in [0.15, 0.2) is 23.0 Å². The van der Waals surface area contributed by atoms with Gasteiger partial charge in [0.1, 0.15) is 0 Å². The molecule has 0 bridgehead atoms. The lowest BCUT2D eigenvalue weighted by molar-refractivity contribution is 0.237. The Labute approximate surface area is 154 Å². The van der Waals surface area contributed by atoms with Gasteiger partial charge in [-0.05, 0) is 51.7 Å². The molecule has 0 unspecified atom stereocenters. The maximum atomic E-state index is 12.6. The van der Waals surface area contributed by atoms with E-state index >= 15 is 0 Å². The summed E-state index contributed by atoms with van der Waals surface area (Å²) in [6.07, 6.45) is 4.33. The molecular formula is C20H27N5O. The Hall–Kier alpha value is -2.21. The van der Waals surface area contributed by atoms with Crippen molar-refractivity contribution in [2.24, 2.45) is 0 Å². The van der Waals surface area contributed by atoms with E-state index in [1.807, 2.05) is 19.1 Å². The number of fused-ring (bicyclic) bond motifs is 1. The van der Waals surface area contributed by atoms with Gasteiger partial charge < -0.3 is 4.90 Å². The topological polar surface area (TPSA) is 65.1 Å². The molecule has 6 nitrogen and oxygen atoms in total. The van der Waals surface area contributed by atoms with Gasteiger partial charge in [-0.2, -0.15) is 0 Å². The summed E-state index contributed by atoms with van der Waals surface area (Å²) in [6.45, 7) is 7.58. The first-order chi connectivity index (χ1) is 12.6. The zero-order valence-corrected chi connectivity index (χ0v) is 15.7. The van der Waals surface area contributed by atoms with Crippen LogP contribution in [0, 0.1) is 6.92 Å². The summed E-state index contributed by atoms with van der Waals surface area (Å²) in [5, 5.41) is 0. The highest BCUT2D eigenvalue weighted by molar-refractivity contribution is 5.36. The third kappa shape index (κ3) is 3.51. The second-order valence-corrected chi connectivity index (χ2v) is 7.58. The summed E-state index contributed by atoms with van der Waals surface area (Å²) in [4.78, 5) is 29.7. The first kappa shape index (κ1) is 17.2. The lowest BCUT2D eigenvalue weighted by Gasteiger charge is -2.35. The number of pyridine rings is 1. The van der Waals surface area contributed by atoms with Gasteiger partial charge in [-0.1, -0.05) is 6.07 Å². The maximum Gasteiger partial charge on any atom is 0.255 e. The van der Waals surface area contributed by atoms with Gasteiger partial charge in [0.25, 0.3) is 5.56 Å². The van der Waals surface area contributed by atoms with Crippen LogP contribution in [-0.4, -0.2) is 39.0 Å². The summed E-state index contributed by atoms with van der Waals surface area (Å²) < 4.78 is 0. The van der Waals surface area contributed by atoms with Crippen LogP contribution in [0.25, 0.3) is 0 Å². The van der Waals surface area contributed by atoms with Crippen molar-refractivity contribution in [1.29, 1.82) is 0 Å². The highest BCUT2D eigenvalue weighted by Gasteiger charge is 2.25. The van der Waals surface area contributed by atoms with Gasteiger partial charge in [0.2, 0.25) is 5.95 Å². The Morgan fingerprint density at radius 3 is 2.92 bits per heavy atom. The monoisotopic (exact) mass is 353 g/mol. The molecule has 1 fully saturated rings. The fraction of sp³-hybridized carbons (Fsp3) is 0.550. The lowest BCUT2D eigenvalue weighted by Crippen LogP contribution is -2.41. The van der Waals surface area contributed by atoms with Crippen LogP contribution in [0.4, 0.5) is 5.95 Å². The zero-order valence-electron chi connectivity index (χ0n) is 15.7. The number of hydrogen-bond donors (Lipinski definition) is 1. The summed E-state index contributed by atoms with van der Waals surface area (Å²) in [6, 6.07) is 6.56. The van der Waals surface area contributed by atoms with Crippen molar-refractivity contribution in [3.05, 3.63) is 51.2 Å². The molecule has 4 rings (SSSR count). The number of hydrogen-bond acceptors (Lipinski definition) is 5. The molecule has 26 heavy (non-hydrogen) atoms. The summed E-state index contributed by atoms with van der Waals surface area (Å²) in [7, 11) is 0. The molecular weight excluding hydrogens is 326 g/mol. The Balaban J connectivity index is 1.56. The van der Waals surface area contributed by atoms with E-state index in [0.29, 0.717) is 12.6 Å². The van der Waals surface area contributed by atoms with Crippen LogP contribution in [-0.2, 0) is 19.5 Å². The van der Waals surface area contributed by atoms with Gasteiger partial charge in [-0.25, -0.2) is 4.98 Å². The Kier molecular flexibility index (Phi) is 4.76. The van der Waals surface area contributed by atoms with Crippen LogP contribution >= 0.6 is 0 Å². The molecule has 2 aliphatic heterocycles. The second kappa shape index (κ2) is 7.19. The van der Waals surface area contributed by atoms with Crippen molar-refractivity contribution in [3.8, 4) is 0 Å². The summed E-state index contributed by atoms with van der Waals surface area (Å²) in [5.41, 5.74) is 3.93. The Morgan fingerprint density at radius 2 is 2.12 bits per heavy atom. The van der Waals surface area contributed by atoms with Crippen LogP contribution in [0.2, 0.25) is 0 Å². The van der Waals surface area contributed by atoms with Gasteiger partial charge in [-0.15, -0.1) is 0 Å². The molecule has 0 radical (unpaired) electrons. The number of nitrogens with one attached hydrogen (secondary N) is 1. The van der Waals surface area contributed by atoms with Crippen molar-refractivity contribution < 1.29 is 0 Å². The Morgan fingerprint density at radius 1 is 1.23 bits per heavy atom. The normalized spacial score (nSPS) is 20.8. The number of anilines is 1. The summed E-state index contributed by atoms with van der Waals surface area (Å²) >= 11 is 0. The van der Waals surface area contributed by atoms with E-state index in [1.54, 1.807) is 0 Å². The zero-order chi connectivity index (χ0) is 18.1. The molecule has 1 saturated heterocycles. The van der Waals surface area contributed by atoms with E-state index in [2.05, 4.69) is 32.8 Å². The quantitative estimate of drug-likeness (QED) is 0.918. The lowest BCUT2D eigenvalue weighted by atomic mass is 10.0. The first-order valence-corrected chi connectivity index (χ1v) is 9.64. The molecule has 1 N–H and O–H groups in total. The molecule has 4 heterocycles. The minimum Gasteiger partial charge on any atom is -0.340 e. The van der Waals surface area contributed by atoms with Crippen molar-refractivity contribution in [2.45, 2.75) is 58.7 Å². The van der Waals surface area contributed by atoms with Crippen molar-refractivity contribution in [2.75, 3.05) is 18.0 Å². The van der Waals surface area contributed by atoms with Crippen molar-refractivity contribution in [1.82, 2.24) is 19.9 Å². The van der Waals surface area contributed by atoms with Crippen LogP contribution in [0.3, 0.4) is 0 Å². The molecule has 0 saturated carbocycles. The van der Waals surface area contributed by atoms with E-state index in [9.17, 15) is 4.79 Å². The Bertz CT molecular complexity index is 846. The smallest absolute Gasteiger partial charge is 0.255 e. The number of aromatic nitrogens is 3. The van der Waals surface area contributed by atoms with Crippen molar-refractivity contribution >= 4 is 5.95 Å². The third-order valence-corrected chi connectivity index (χ3v) is 5.55. The van der Waals surface area contributed by atoms with E-state index in [4.69, 9.17) is 4.98 Å². The average molecular weight is 353 g/mol. The fourth-order valence-corrected chi connectivity index (χ4v) is 4.08. The van der Waals surface area contributed by atoms with E-state index in [1.165, 1.54) is 6.42 Å². The van der Waals surface area contributed by atoms with Crippen LogP contribution < -0.4 is 10.5 Å². The minimum absolute atomic E-state index is 0.0381. The van der Waals surface area contributed by atoms with E-state index in [0.717, 1.165) is 67.5 Å². The van der Waals surface area contributed by atoms with Gasteiger partial charge in [0.15, 0.2) is 0 Å². The number of aromatic amines is 1. The molecule has 0 spiro atoms. The minimum atomic E-state index is 0.0381. The highest BCUT2D eigenvalue weighted by atomic mass is 16.1. The molecule has 1 atom stereocenters. The molecule has 2 aliphatic rings. The number of aryl methyl sites for hydroxylation is 1. The first-order valence-electron chi connectivity index (χ1n) is 9.64. The predicted octanol–water partition coefficient (Wildman–Crippen LogP) is 2.41.